The maximum atomic E-state index is 12.1. The molecule has 146 valence electrons. The quantitative estimate of drug-likeness (QED) is 0.334. The van der Waals surface area contributed by atoms with E-state index in [4.69, 9.17) is 8.37 Å². The lowest BCUT2D eigenvalue weighted by molar-refractivity contribution is 0.449. The molecule has 6 nitrogen and oxygen atoms in total. The van der Waals surface area contributed by atoms with Gasteiger partial charge in [0.15, 0.2) is 11.5 Å². The van der Waals surface area contributed by atoms with E-state index in [0.29, 0.717) is 12.8 Å². The standard InChI is InChI=1S/C16H28O6S3/c1-3-5-7-8-9-10-12-25(19,20)22-16-14-23-13-15(16)21-24(17,18)11-6-4-2/h13-14H,3-12H2,1-2H3. The fourth-order valence-electron chi connectivity index (χ4n) is 2.13. The zero-order chi connectivity index (χ0) is 18.8. The smallest absolute Gasteiger partial charge is 0.309 e. The van der Waals surface area contributed by atoms with Crippen LogP contribution in [0, 0.1) is 0 Å². The molecule has 0 aromatic carbocycles. The van der Waals surface area contributed by atoms with Crippen molar-refractivity contribution >= 4 is 31.6 Å². The first-order valence-electron chi connectivity index (χ1n) is 8.70. The van der Waals surface area contributed by atoms with E-state index >= 15 is 0 Å². The second-order valence-corrected chi connectivity index (χ2v) is 10.0. The van der Waals surface area contributed by atoms with Crippen LogP contribution in [0.1, 0.15) is 65.2 Å². The normalized spacial score (nSPS) is 12.2. The van der Waals surface area contributed by atoms with E-state index in [9.17, 15) is 16.8 Å². The molecule has 0 saturated carbocycles. The van der Waals surface area contributed by atoms with Crippen molar-refractivity contribution < 1.29 is 25.2 Å². The molecule has 0 radical (unpaired) electrons. The summed E-state index contributed by atoms with van der Waals surface area (Å²) in [4.78, 5) is 0. The van der Waals surface area contributed by atoms with Gasteiger partial charge in [-0.1, -0.05) is 52.4 Å². The number of unbranched alkanes of at least 4 members (excludes halogenated alkanes) is 6. The van der Waals surface area contributed by atoms with E-state index in [1.165, 1.54) is 10.8 Å². The molecule has 0 aliphatic heterocycles. The monoisotopic (exact) mass is 412 g/mol. The Morgan fingerprint density at radius 3 is 1.68 bits per heavy atom. The van der Waals surface area contributed by atoms with Crippen molar-refractivity contribution in [1.82, 2.24) is 0 Å². The molecule has 1 rings (SSSR count). The second kappa shape index (κ2) is 11.0. The largest absolute Gasteiger partial charge is 0.377 e. The third-order valence-electron chi connectivity index (χ3n) is 3.52. The van der Waals surface area contributed by atoms with Gasteiger partial charge in [0.1, 0.15) is 0 Å². The van der Waals surface area contributed by atoms with E-state index in [1.807, 2.05) is 6.92 Å². The van der Waals surface area contributed by atoms with Crippen molar-refractivity contribution in [3.05, 3.63) is 10.8 Å². The van der Waals surface area contributed by atoms with Gasteiger partial charge in [0, 0.05) is 10.8 Å². The molecule has 1 heterocycles. The van der Waals surface area contributed by atoms with Gasteiger partial charge in [-0.3, -0.25) is 0 Å². The van der Waals surface area contributed by atoms with E-state index < -0.39 is 20.2 Å². The highest BCUT2D eigenvalue weighted by atomic mass is 32.2. The number of rotatable bonds is 14. The summed E-state index contributed by atoms with van der Waals surface area (Å²) in [6.45, 7) is 4.00. The van der Waals surface area contributed by atoms with Crippen LogP contribution >= 0.6 is 11.3 Å². The summed E-state index contributed by atoms with van der Waals surface area (Å²) in [7, 11) is -7.50. The van der Waals surface area contributed by atoms with E-state index in [1.54, 1.807) is 0 Å². The molecule has 25 heavy (non-hydrogen) atoms. The number of thiophene rings is 1. The molecular weight excluding hydrogens is 384 g/mol. The second-order valence-electron chi connectivity index (χ2n) is 5.91. The Morgan fingerprint density at radius 1 is 0.720 bits per heavy atom. The molecule has 0 atom stereocenters. The van der Waals surface area contributed by atoms with Crippen LogP contribution in [0.15, 0.2) is 10.8 Å². The molecule has 1 aromatic heterocycles. The zero-order valence-electron chi connectivity index (χ0n) is 14.9. The van der Waals surface area contributed by atoms with Crippen LogP contribution in [0.4, 0.5) is 0 Å². The molecule has 0 spiro atoms. The molecular formula is C16H28O6S3. The summed E-state index contributed by atoms with van der Waals surface area (Å²) in [5.74, 6) is -0.316. The first kappa shape index (κ1) is 22.2. The summed E-state index contributed by atoms with van der Waals surface area (Å²) in [5, 5.41) is 2.86. The van der Waals surface area contributed by atoms with E-state index in [2.05, 4.69) is 6.92 Å². The lowest BCUT2D eigenvalue weighted by Gasteiger charge is -2.09. The van der Waals surface area contributed by atoms with Crippen LogP contribution in [-0.4, -0.2) is 28.3 Å². The van der Waals surface area contributed by atoms with Crippen LogP contribution < -0.4 is 8.37 Å². The average molecular weight is 413 g/mol. The molecule has 0 fully saturated rings. The molecule has 0 aliphatic carbocycles. The Bertz CT molecular complexity index is 691. The molecule has 0 bridgehead atoms. The molecule has 1 aromatic rings. The van der Waals surface area contributed by atoms with Crippen LogP contribution in [0.2, 0.25) is 0 Å². The number of hydrogen-bond acceptors (Lipinski definition) is 7. The van der Waals surface area contributed by atoms with Crippen molar-refractivity contribution in [2.45, 2.75) is 65.2 Å². The zero-order valence-corrected chi connectivity index (χ0v) is 17.3. The Morgan fingerprint density at radius 2 is 1.16 bits per heavy atom. The SMILES string of the molecule is CCCCCCCCS(=O)(=O)Oc1cscc1OS(=O)(=O)CCCC. The molecule has 0 saturated heterocycles. The van der Waals surface area contributed by atoms with Gasteiger partial charge in [-0.2, -0.15) is 16.8 Å². The highest BCUT2D eigenvalue weighted by Crippen LogP contribution is 2.34. The van der Waals surface area contributed by atoms with Gasteiger partial charge in [-0.15, -0.1) is 11.3 Å². The predicted molar refractivity (Wildman–Crippen MR) is 101 cm³/mol. The van der Waals surface area contributed by atoms with Gasteiger partial charge < -0.3 is 8.37 Å². The van der Waals surface area contributed by atoms with E-state index in [-0.39, 0.29) is 23.0 Å². The van der Waals surface area contributed by atoms with Gasteiger partial charge in [-0.05, 0) is 12.8 Å². The van der Waals surface area contributed by atoms with Gasteiger partial charge in [0.2, 0.25) is 0 Å². The van der Waals surface area contributed by atoms with Crippen LogP contribution in [-0.2, 0) is 20.2 Å². The van der Waals surface area contributed by atoms with Gasteiger partial charge in [0.05, 0.1) is 11.5 Å². The first-order chi connectivity index (χ1) is 11.8. The highest BCUT2D eigenvalue weighted by Gasteiger charge is 2.21. The maximum Gasteiger partial charge on any atom is 0.309 e. The Hall–Kier alpha value is -0.800. The third kappa shape index (κ3) is 9.46. The molecule has 0 unspecified atom stereocenters. The fourth-order valence-corrected chi connectivity index (χ4v) is 5.07. The summed E-state index contributed by atoms with van der Waals surface area (Å²) < 4.78 is 57.8. The Balaban J connectivity index is 2.55. The summed E-state index contributed by atoms with van der Waals surface area (Å²) >= 11 is 1.13. The topological polar surface area (TPSA) is 86.7 Å². The van der Waals surface area contributed by atoms with Gasteiger partial charge in [-0.25, -0.2) is 0 Å². The van der Waals surface area contributed by atoms with Crippen LogP contribution in [0.5, 0.6) is 11.5 Å². The predicted octanol–water partition coefficient (Wildman–Crippen LogP) is 4.33. The maximum absolute atomic E-state index is 12.1. The highest BCUT2D eigenvalue weighted by molar-refractivity contribution is 7.87. The molecule has 0 N–H and O–H groups in total. The van der Waals surface area contributed by atoms with E-state index in [0.717, 1.165) is 49.9 Å². The minimum atomic E-state index is -3.76. The van der Waals surface area contributed by atoms with Crippen molar-refractivity contribution in [3.8, 4) is 11.5 Å². The van der Waals surface area contributed by atoms with Crippen molar-refractivity contribution in [1.29, 1.82) is 0 Å². The summed E-state index contributed by atoms with van der Waals surface area (Å²) in [6.07, 6.45) is 6.99. The average Bonchev–Trinajstić information content (AvgIpc) is 2.94. The van der Waals surface area contributed by atoms with Gasteiger partial charge in [0.25, 0.3) is 0 Å². The summed E-state index contributed by atoms with van der Waals surface area (Å²) in [6, 6.07) is 0. The van der Waals surface area contributed by atoms with Crippen molar-refractivity contribution in [3.63, 3.8) is 0 Å². The van der Waals surface area contributed by atoms with Crippen molar-refractivity contribution in [2.75, 3.05) is 11.5 Å². The van der Waals surface area contributed by atoms with Crippen LogP contribution in [0.3, 0.4) is 0 Å². The third-order valence-corrected chi connectivity index (χ3v) is 6.67. The summed E-state index contributed by atoms with van der Waals surface area (Å²) in [5.41, 5.74) is 0. The van der Waals surface area contributed by atoms with Crippen molar-refractivity contribution in [2.24, 2.45) is 0 Å². The minimum Gasteiger partial charge on any atom is -0.377 e. The lowest BCUT2D eigenvalue weighted by atomic mass is 10.1. The fraction of sp³-hybridized carbons (Fsp3) is 0.750. The molecule has 0 aliphatic rings. The first-order valence-corrected chi connectivity index (χ1v) is 12.8. The minimum absolute atomic E-state index is 0.0592. The molecule has 0 amide bonds. The Kier molecular flexibility index (Phi) is 9.81. The molecule has 9 heteroatoms. The Labute approximate surface area is 155 Å². The van der Waals surface area contributed by atoms with Gasteiger partial charge >= 0.3 is 20.2 Å². The lowest BCUT2D eigenvalue weighted by Crippen LogP contribution is -2.16. The number of hydrogen-bond donors (Lipinski definition) is 0. The van der Waals surface area contributed by atoms with Crippen LogP contribution in [0.25, 0.3) is 0 Å².